The van der Waals surface area contributed by atoms with E-state index >= 15 is 0 Å². The number of nitrogens with two attached hydrogens (primary N) is 1. The summed E-state index contributed by atoms with van der Waals surface area (Å²) >= 11 is 1.26. The molecule has 0 saturated heterocycles. The maximum absolute atomic E-state index is 12.6. The second-order valence-corrected chi connectivity index (χ2v) is 7.03. The second kappa shape index (κ2) is 7.78. The van der Waals surface area contributed by atoms with E-state index in [1.165, 1.54) is 11.3 Å². The minimum absolute atomic E-state index is 0.297. The molecule has 3 N–H and O–H groups in total. The summed E-state index contributed by atoms with van der Waals surface area (Å²) in [6, 6.07) is 1.61. The van der Waals surface area contributed by atoms with Crippen molar-refractivity contribution in [2.75, 3.05) is 18.5 Å². The first-order valence-electron chi connectivity index (χ1n) is 8.65. The number of hydrogen-bond acceptors (Lipinski definition) is 6. The van der Waals surface area contributed by atoms with Crippen LogP contribution in [0.15, 0.2) is 12.3 Å². The predicted molar refractivity (Wildman–Crippen MR) is 99.8 cm³/mol. The Hall–Kier alpha value is -2.88. The Balaban J connectivity index is 1.88. The number of primary amides is 1. The van der Waals surface area contributed by atoms with Crippen LogP contribution in [0.3, 0.4) is 0 Å². The number of aromatic nitrogens is 2. The highest BCUT2D eigenvalue weighted by Crippen LogP contribution is 2.37. The molecule has 0 saturated carbocycles. The van der Waals surface area contributed by atoms with Crippen molar-refractivity contribution in [3.8, 4) is 0 Å². The van der Waals surface area contributed by atoms with E-state index in [0.717, 1.165) is 10.4 Å². The van der Waals surface area contributed by atoms with Crippen LogP contribution in [0.1, 0.15) is 45.1 Å². The lowest BCUT2D eigenvalue weighted by Crippen LogP contribution is -2.36. The number of thiophene rings is 1. The molecule has 0 radical (unpaired) electrons. The highest BCUT2D eigenvalue weighted by atomic mass is 32.1. The molecule has 10 heteroatoms. The number of fused-ring (bicyclic) bond motifs is 1. The number of nitrogens with one attached hydrogen (secondary N) is 1. The predicted octanol–water partition coefficient (Wildman–Crippen LogP) is 1.83. The van der Waals surface area contributed by atoms with Gasteiger partial charge in [0.2, 0.25) is 0 Å². The summed E-state index contributed by atoms with van der Waals surface area (Å²) in [6.07, 6.45) is 1.63. The normalized spacial score (nSPS) is 13.2. The molecule has 2 aromatic rings. The zero-order chi connectivity index (χ0) is 19.6. The first kappa shape index (κ1) is 18.9. The molecule has 3 heterocycles. The number of ether oxygens (including phenoxy) is 1. The van der Waals surface area contributed by atoms with Crippen molar-refractivity contribution in [2.24, 2.45) is 5.73 Å². The Labute approximate surface area is 160 Å². The quantitative estimate of drug-likeness (QED) is 0.806. The number of nitrogens with zero attached hydrogens (tertiary/aromatic N) is 3. The van der Waals surface area contributed by atoms with E-state index in [1.807, 2.05) is 6.92 Å². The average molecular weight is 391 g/mol. The largest absolute Gasteiger partial charge is 0.450 e. The van der Waals surface area contributed by atoms with Gasteiger partial charge in [0.1, 0.15) is 10.7 Å². The third kappa shape index (κ3) is 3.65. The van der Waals surface area contributed by atoms with Crippen LogP contribution in [-0.2, 0) is 24.2 Å². The molecular formula is C17H21N5O4S. The molecule has 0 unspecified atom stereocenters. The average Bonchev–Trinajstić information content (AvgIpc) is 3.24. The van der Waals surface area contributed by atoms with Gasteiger partial charge in [0, 0.05) is 24.2 Å². The van der Waals surface area contributed by atoms with Crippen LogP contribution in [0, 0.1) is 0 Å². The summed E-state index contributed by atoms with van der Waals surface area (Å²) in [5, 5.41) is 7.25. The van der Waals surface area contributed by atoms with Gasteiger partial charge in [-0.25, -0.2) is 4.79 Å². The molecule has 27 heavy (non-hydrogen) atoms. The highest BCUT2D eigenvalue weighted by molar-refractivity contribution is 7.17. The van der Waals surface area contributed by atoms with Crippen molar-refractivity contribution >= 4 is 34.2 Å². The summed E-state index contributed by atoms with van der Waals surface area (Å²) in [5.74, 6) is -0.964. The number of rotatable bonds is 5. The summed E-state index contributed by atoms with van der Waals surface area (Å²) in [6.45, 7) is 5.23. The van der Waals surface area contributed by atoms with Gasteiger partial charge in [-0.15, -0.1) is 11.3 Å². The van der Waals surface area contributed by atoms with E-state index in [0.29, 0.717) is 48.9 Å². The minimum Gasteiger partial charge on any atom is -0.450 e. The molecule has 0 aromatic carbocycles. The Morgan fingerprint density at radius 3 is 2.81 bits per heavy atom. The second-order valence-electron chi connectivity index (χ2n) is 5.93. The summed E-state index contributed by atoms with van der Waals surface area (Å²) in [7, 11) is 0. The molecule has 0 bridgehead atoms. The molecule has 0 atom stereocenters. The number of aryl methyl sites for hydroxylation is 1. The molecule has 0 aliphatic carbocycles. The molecule has 144 valence electrons. The number of carbonyl (C=O) groups excluding carboxylic acids is 3. The van der Waals surface area contributed by atoms with Gasteiger partial charge in [0.25, 0.3) is 11.8 Å². The molecular weight excluding hydrogens is 370 g/mol. The zero-order valence-electron chi connectivity index (χ0n) is 15.2. The summed E-state index contributed by atoms with van der Waals surface area (Å²) < 4.78 is 6.61. The SMILES string of the molecule is CCOC(=O)N1CCc2c(sc(NC(=O)c3ccnn3CC)c2C(N)=O)C1. The van der Waals surface area contributed by atoms with Crippen LogP contribution in [-0.4, -0.2) is 45.7 Å². The van der Waals surface area contributed by atoms with Gasteiger partial charge in [-0.1, -0.05) is 0 Å². The van der Waals surface area contributed by atoms with Gasteiger partial charge in [0.05, 0.1) is 18.7 Å². The summed E-state index contributed by atoms with van der Waals surface area (Å²) in [5.41, 5.74) is 7.06. The van der Waals surface area contributed by atoms with E-state index < -0.39 is 12.0 Å². The molecule has 3 amide bonds. The molecule has 3 rings (SSSR count). The maximum Gasteiger partial charge on any atom is 0.410 e. The molecule has 1 aliphatic rings. The van der Waals surface area contributed by atoms with Gasteiger partial charge in [-0.3, -0.25) is 14.3 Å². The fraction of sp³-hybridized carbons (Fsp3) is 0.412. The molecule has 0 fully saturated rings. The van der Waals surface area contributed by atoms with E-state index in [4.69, 9.17) is 10.5 Å². The lowest BCUT2D eigenvalue weighted by Gasteiger charge is -2.26. The lowest BCUT2D eigenvalue weighted by molar-refractivity contribution is 0.0997. The fourth-order valence-electron chi connectivity index (χ4n) is 3.07. The van der Waals surface area contributed by atoms with Crippen molar-refractivity contribution in [2.45, 2.75) is 33.4 Å². The number of anilines is 1. The lowest BCUT2D eigenvalue weighted by atomic mass is 10.0. The van der Waals surface area contributed by atoms with Gasteiger partial charge in [-0.05, 0) is 31.9 Å². The first-order valence-corrected chi connectivity index (χ1v) is 9.47. The Morgan fingerprint density at radius 1 is 1.37 bits per heavy atom. The van der Waals surface area contributed by atoms with Crippen LogP contribution < -0.4 is 11.1 Å². The Bertz CT molecular complexity index is 888. The molecule has 1 aliphatic heterocycles. The van der Waals surface area contributed by atoms with Crippen LogP contribution in [0.5, 0.6) is 0 Å². The van der Waals surface area contributed by atoms with Gasteiger partial charge < -0.3 is 20.7 Å². The van der Waals surface area contributed by atoms with Gasteiger partial charge >= 0.3 is 6.09 Å². The van der Waals surface area contributed by atoms with Crippen molar-refractivity contribution < 1.29 is 19.1 Å². The third-order valence-corrected chi connectivity index (χ3v) is 5.44. The van der Waals surface area contributed by atoms with Crippen molar-refractivity contribution in [3.63, 3.8) is 0 Å². The van der Waals surface area contributed by atoms with Gasteiger partial charge in [0.15, 0.2) is 0 Å². The Morgan fingerprint density at radius 2 is 2.15 bits per heavy atom. The van der Waals surface area contributed by atoms with Crippen molar-refractivity contribution in [1.29, 1.82) is 0 Å². The van der Waals surface area contributed by atoms with E-state index in [2.05, 4.69) is 10.4 Å². The standard InChI is InChI=1S/C17H21N5O4S/c1-3-22-11(5-7-19-22)15(24)20-16-13(14(18)23)10-6-8-21(9-12(10)27-16)17(25)26-4-2/h5,7H,3-4,6,8-9H2,1-2H3,(H2,18,23)(H,20,24). The summed E-state index contributed by atoms with van der Waals surface area (Å²) in [4.78, 5) is 39.0. The Kier molecular flexibility index (Phi) is 5.45. The number of amides is 3. The number of hydrogen-bond donors (Lipinski definition) is 2. The van der Waals surface area contributed by atoms with Crippen LogP contribution >= 0.6 is 11.3 Å². The highest BCUT2D eigenvalue weighted by Gasteiger charge is 2.30. The zero-order valence-corrected chi connectivity index (χ0v) is 16.0. The van der Waals surface area contributed by atoms with E-state index in [9.17, 15) is 14.4 Å². The van der Waals surface area contributed by atoms with E-state index in [-0.39, 0.29) is 5.91 Å². The van der Waals surface area contributed by atoms with Crippen molar-refractivity contribution in [1.82, 2.24) is 14.7 Å². The number of carbonyl (C=O) groups is 3. The molecule has 2 aromatic heterocycles. The van der Waals surface area contributed by atoms with Crippen LogP contribution in [0.2, 0.25) is 0 Å². The van der Waals surface area contributed by atoms with Crippen molar-refractivity contribution in [3.05, 3.63) is 34.0 Å². The van der Waals surface area contributed by atoms with Crippen LogP contribution in [0.4, 0.5) is 9.80 Å². The minimum atomic E-state index is -0.601. The fourth-order valence-corrected chi connectivity index (χ4v) is 4.33. The smallest absolute Gasteiger partial charge is 0.410 e. The van der Waals surface area contributed by atoms with E-state index in [1.54, 1.807) is 28.8 Å². The first-order chi connectivity index (χ1) is 13.0. The topological polar surface area (TPSA) is 120 Å². The molecule has 9 nitrogen and oxygen atoms in total. The van der Waals surface area contributed by atoms with Crippen LogP contribution in [0.25, 0.3) is 0 Å². The third-order valence-electron chi connectivity index (χ3n) is 4.31. The molecule has 0 spiro atoms. The van der Waals surface area contributed by atoms with Gasteiger partial charge in [-0.2, -0.15) is 5.10 Å². The monoisotopic (exact) mass is 391 g/mol. The maximum atomic E-state index is 12.6.